The molecule has 132 valence electrons. The van der Waals surface area contributed by atoms with Gasteiger partial charge in [-0.1, -0.05) is 0 Å². The minimum atomic E-state index is 0.398. The van der Waals surface area contributed by atoms with E-state index in [0.717, 1.165) is 70.2 Å². The highest BCUT2D eigenvalue weighted by Crippen LogP contribution is 2.25. The number of rotatable bonds is 3. The lowest BCUT2D eigenvalue weighted by Crippen LogP contribution is -2.46. The Morgan fingerprint density at radius 2 is 1.76 bits per heavy atom. The Labute approximate surface area is 148 Å². The molecule has 0 aliphatic carbocycles. The van der Waals surface area contributed by atoms with Crippen LogP contribution in [0.2, 0.25) is 0 Å². The largest absolute Gasteiger partial charge is 0.368 e. The van der Waals surface area contributed by atoms with E-state index in [1.54, 1.807) is 0 Å². The molecule has 2 aliphatic heterocycles. The molecule has 0 bridgehead atoms. The zero-order chi connectivity index (χ0) is 17.1. The van der Waals surface area contributed by atoms with Gasteiger partial charge >= 0.3 is 0 Å². The fourth-order valence-corrected chi connectivity index (χ4v) is 3.67. The van der Waals surface area contributed by atoms with Gasteiger partial charge in [-0.2, -0.15) is 4.98 Å². The van der Waals surface area contributed by atoms with Crippen LogP contribution in [0.15, 0.2) is 24.5 Å². The van der Waals surface area contributed by atoms with Crippen LogP contribution in [-0.4, -0.2) is 59.1 Å². The van der Waals surface area contributed by atoms with Crippen molar-refractivity contribution in [2.24, 2.45) is 0 Å². The highest BCUT2D eigenvalue weighted by atomic mass is 15.3. The number of anilines is 2. The van der Waals surface area contributed by atoms with Crippen molar-refractivity contribution in [3.8, 4) is 0 Å². The molecule has 0 radical (unpaired) electrons. The molecule has 4 rings (SSSR count). The molecule has 2 aromatic heterocycles. The highest BCUT2D eigenvalue weighted by Gasteiger charge is 2.23. The van der Waals surface area contributed by atoms with Crippen LogP contribution in [0.4, 0.5) is 11.8 Å². The number of nitrogens with one attached hydrogen (secondary N) is 1. The molecule has 1 saturated heterocycles. The predicted molar refractivity (Wildman–Crippen MR) is 98.4 cm³/mol. The van der Waals surface area contributed by atoms with Crippen LogP contribution in [0.25, 0.3) is 0 Å². The van der Waals surface area contributed by atoms with Gasteiger partial charge in [0, 0.05) is 63.6 Å². The number of pyridine rings is 1. The summed E-state index contributed by atoms with van der Waals surface area (Å²) in [7, 11) is 0. The van der Waals surface area contributed by atoms with Crippen molar-refractivity contribution >= 4 is 11.8 Å². The molecule has 0 spiro atoms. The van der Waals surface area contributed by atoms with Crippen LogP contribution in [-0.2, 0) is 19.4 Å². The molecule has 0 atom stereocenters. The molecule has 2 aliphatic rings. The molecular formula is C18H25N7. The van der Waals surface area contributed by atoms with E-state index in [2.05, 4.69) is 42.2 Å². The number of aromatic nitrogens is 3. The van der Waals surface area contributed by atoms with Crippen molar-refractivity contribution in [1.82, 2.24) is 25.2 Å². The van der Waals surface area contributed by atoms with Crippen molar-refractivity contribution in [2.45, 2.75) is 19.4 Å². The minimum Gasteiger partial charge on any atom is -0.368 e. The first kappa shape index (κ1) is 16.2. The SMILES string of the molecule is Nc1nc2c(c(N3CCN(Cc4ccncc4)CC3)n1)CCNCC2. The van der Waals surface area contributed by atoms with E-state index in [-0.39, 0.29) is 0 Å². The van der Waals surface area contributed by atoms with E-state index in [1.807, 2.05) is 12.4 Å². The fourth-order valence-electron chi connectivity index (χ4n) is 3.67. The molecule has 7 nitrogen and oxygen atoms in total. The first-order valence-corrected chi connectivity index (χ1v) is 9.02. The number of fused-ring (bicyclic) bond motifs is 1. The Balaban J connectivity index is 1.46. The second kappa shape index (κ2) is 7.33. The maximum atomic E-state index is 5.98. The Bertz CT molecular complexity index is 711. The smallest absolute Gasteiger partial charge is 0.222 e. The maximum absolute atomic E-state index is 5.98. The summed E-state index contributed by atoms with van der Waals surface area (Å²) < 4.78 is 0. The lowest BCUT2D eigenvalue weighted by atomic mass is 10.1. The molecule has 0 aromatic carbocycles. The van der Waals surface area contributed by atoms with E-state index in [0.29, 0.717) is 5.95 Å². The average molecular weight is 339 g/mol. The molecule has 3 N–H and O–H groups in total. The van der Waals surface area contributed by atoms with Crippen molar-refractivity contribution in [2.75, 3.05) is 49.9 Å². The van der Waals surface area contributed by atoms with Crippen molar-refractivity contribution in [3.63, 3.8) is 0 Å². The van der Waals surface area contributed by atoms with Gasteiger partial charge in [-0.05, 0) is 30.7 Å². The van der Waals surface area contributed by atoms with Crippen LogP contribution in [0.5, 0.6) is 0 Å². The normalized spacial score (nSPS) is 18.6. The molecular weight excluding hydrogens is 314 g/mol. The molecule has 1 fully saturated rings. The number of piperazine rings is 1. The third-order valence-corrected chi connectivity index (χ3v) is 5.01. The van der Waals surface area contributed by atoms with Crippen LogP contribution in [0, 0.1) is 0 Å². The third kappa shape index (κ3) is 3.72. The Morgan fingerprint density at radius 3 is 2.56 bits per heavy atom. The van der Waals surface area contributed by atoms with E-state index in [9.17, 15) is 0 Å². The highest BCUT2D eigenvalue weighted by molar-refractivity contribution is 5.53. The van der Waals surface area contributed by atoms with Crippen LogP contribution >= 0.6 is 0 Å². The first-order chi connectivity index (χ1) is 12.3. The van der Waals surface area contributed by atoms with Gasteiger partial charge in [0.05, 0.1) is 5.69 Å². The molecule has 4 heterocycles. The molecule has 25 heavy (non-hydrogen) atoms. The molecule has 0 amide bonds. The molecule has 7 heteroatoms. The van der Waals surface area contributed by atoms with Crippen LogP contribution in [0.3, 0.4) is 0 Å². The summed E-state index contributed by atoms with van der Waals surface area (Å²) in [6, 6.07) is 4.18. The topological polar surface area (TPSA) is 83.2 Å². The quantitative estimate of drug-likeness (QED) is 0.841. The summed E-state index contributed by atoms with van der Waals surface area (Å²) in [6.45, 7) is 6.92. The average Bonchev–Trinajstić information content (AvgIpc) is 2.88. The van der Waals surface area contributed by atoms with Gasteiger partial charge in [0.1, 0.15) is 5.82 Å². The Kier molecular flexibility index (Phi) is 4.76. The summed E-state index contributed by atoms with van der Waals surface area (Å²) in [5.41, 5.74) is 9.70. The monoisotopic (exact) mass is 339 g/mol. The molecule has 0 unspecified atom stereocenters. The summed E-state index contributed by atoms with van der Waals surface area (Å²) in [5.74, 6) is 1.45. The van der Waals surface area contributed by atoms with Gasteiger partial charge in [-0.25, -0.2) is 4.98 Å². The van der Waals surface area contributed by atoms with Gasteiger partial charge in [0.15, 0.2) is 0 Å². The van der Waals surface area contributed by atoms with Crippen LogP contribution in [0.1, 0.15) is 16.8 Å². The van der Waals surface area contributed by atoms with Gasteiger partial charge in [0.2, 0.25) is 5.95 Å². The van der Waals surface area contributed by atoms with Gasteiger partial charge in [0.25, 0.3) is 0 Å². The summed E-state index contributed by atoms with van der Waals surface area (Å²) in [4.78, 5) is 18.0. The summed E-state index contributed by atoms with van der Waals surface area (Å²) >= 11 is 0. The third-order valence-electron chi connectivity index (χ3n) is 5.01. The lowest BCUT2D eigenvalue weighted by molar-refractivity contribution is 0.249. The Hall–Kier alpha value is -2.25. The first-order valence-electron chi connectivity index (χ1n) is 9.02. The fraction of sp³-hybridized carbons (Fsp3) is 0.500. The van der Waals surface area contributed by atoms with Gasteiger partial charge in [-0.3, -0.25) is 9.88 Å². The van der Waals surface area contributed by atoms with Crippen LogP contribution < -0.4 is 16.0 Å². The molecule has 0 saturated carbocycles. The minimum absolute atomic E-state index is 0.398. The van der Waals surface area contributed by atoms with E-state index in [4.69, 9.17) is 5.73 Å². The van der Waals surface area contributed by atoms with Gasteiger partial charge < -0.3 is 16.0 Å². The number of nitrogen functional groups attached to an aromatic ring is 1. The second-order valence-corrected chi connectivity index (χ2v) is 6.70. The number of hydrogen-bond acceptors (Lipinski definition) is 7. The lowest BCUT2D eigenvalue weighted by Gasteiger charge is -2.36. The zero-order valence-corrected chi connectivity index (χ0v) is 14.5. The standard InChI is InChI=1S/C18H25N7/c19-18-22-16-4-8-21-7-3-15(16)17(23-18)25-11-9-24(10-12-25)13-14-1-5-20-6-2-14/h1-2,5-6,21H,3-4,7-13H2,(H2,19,22,23). The zero-order valence-electron chi connectivity index (χ0n) is 14.5. The maximum Gasteiger partial charge on any atom is 0.222 e. The Morgan fingerprint density at radius 1 is 1.00 bits per heavy atom. The van der Waals surface area contributed by atoms with Crippen molar-refractivity contribution in [1.29, 1.82) is 0 Å². The van der Waals surface area contributed by atoms with E-state index < -0.39 is 0 Å². The number of nitrogens with zero attached hydrogens (tertiary/aromatic N) is 5. The summed E-state index contributed by atoms with van der Waals surface area (Å²) in [5, 5.41) is 3.44. The van der Waals surface area contributed by atoms with Gasteiger partial charge in [-0.15, -0.1) is 0 Å². The predicted octanol–water partition coefficient (Wildman–Crippen LogP) is 0.464. The summed E-state index contributed by atoms with van der Waals surface area (Å²) in [6.07, 6.45) is 5.62. The second-order valence-electron chi connectivity index (χ2n) is 6.70. The molecule has 2 aromatic rings. The van der Waals surface area contributed by atoms with E-state index in [1.165, 1.54) is 11.1 Å². The van der Waals surface area contributed by atoms with Crippen molar-refractivity contribution in [3.05, 3.63) is 41.3 Å². The number of hydrogen-bond donors (Lipinski definition) is 2. The van der Waals surface area contributed by atoms with E-state index >= 15 is 0 Å². The number of nitrogens with two attached hydrogens (primary N) is 1. The van der Waals surface area contributed by atoms with Crippen molar-refractivity contribution < 1.29 is 0 Å².